The van der Waals surface area contributed by atoms with Crippen molar-refractivity contribution < 1.29 is 0 Å². The van der Waals surface area contributed by atoms with E-state index in [4.69, 9.17) is 0 Å². The third kappa shape index (κ3) is 1.52. The van der Waals surface area contributed by atoms with Gasteiger partial charge in [-0.25, -0.2) is 4.98 Å². The Kier molecular flexibility index (Phi) is 2.21. The Morgan fingerprint density at radius 2 is 2.12 bits per heavy atom. The molecule has 1 saturated carbocycles. The number of halogens is 1. The van der Waals surface area contributed by atoms with Gasteiger partial charge in [0.15, 0.2) is 0 Å². The Morgan fingerprint density at radius 3 is 2.75 bits per heavy atom. The monoisotopic (exact) mass is 279 g/mol. The third-order valence-corrected chi connectivity index (χ3v) is 3.65. The molecule has 0 spiro atoms. The van der Waals surface area contributed by atoms with Crippen molar-refractivity contribution in [3.8, 4) is 0 Å². The molecule has 2 heterocycles. The number of pyridine rings is 1. The molecular weight excluding hydrogens is 266 g/mol. The fraction of sp³-hybridized carbons (Fsp3) is 0.417. The number of hydrogen-bond donors (Lipinski definition) is 0. The predicted octanol–water partition coefficient (Wildman–Crippen LogP) is 3.04. The van der Waals surface area contributed by atoms with Crippen molar-refractivity contribution in [2.45, 2.75) is 18.8 Å². The maximum absolute atomic E-state index is 4.61. The summed E-state index contributed by atoms with van der Waals surface area (Å²) in [6.45, 7) is 0. The molecule has 0 atom stereocenters. The smallest absolute Gasteiger partial charge is 0.132 e. The zero-order chi connectivity index (χ0) is 11.3. The fourth-order valence-corrected chi connectivity index (χ4v) is 2.46. The Labute approximate surface area is 103 Å². The summed E-state index contributed by atoms with van der Waals surface area (Å²) in [5.41, 5.74) is 2.37. The van der Waals surface area contributed by atoms with Crippen LogP contribution >= 0.6 is 15.9 Å². The molecule has 0 saturated heterocycles. The van der Waals surface area contributed by atoms with E-state index in [1.165, 1.54) is 24.4 Å². The van der Waals surface area contributed by atoms with Crippen LogP contribution in [0.3, 0.4) is 0 Å². The van der Waals surface area contributed by atoms with Crippen molar-refractivity contribution in [1.29, 1.82) is 0 Å². The van der Waals surface area contributed by atoms with Crippen molar-refractivity contribution in [1.82, 2.24) is 9.38 Å². The van der Waals surface area contributed by atoms with E-state index < -0.39 is 0 Å². The summed E-state index contributed by atoms with van der Waals surface area (Å²) in [7, 11) is 4.12. The van der Waals surface area contributed by atoms with E-state index in [9.17, 15) is 0 Å². The third-order valence-electron chi connectivity index (χ3n) is 3.06. The van der Waals surface area contributed by atoms with E-state index in [2.05, 4.69) is 62.6 Å². The van der Waals surface area contributed by atoms with Gasteiger partial charge in [-0.05, 0) is 40.9 Å². The predicted molar refractivity (Wildman–Crippen MR) is 69.2 cm³/mol. The van der Waals surface area contributed by atoms with Gasteiger partial charge in [0.1, 0.15) is 10.4 Å². The second-order valence-corrected chi connectivity index (χ2v) is 5.32. The molecule has 0 amide bonds. The Morgan fingerprint density at radius 1 is 1.38 bits per heavy atom. The van der Waals surface area contributed by atoms with Crippen LogP contribution in [0, 0.1) is 0 Å². The summed E-state index contributed by atoms with van der Waals surface area (Å²) in [5, 5.41) is 0. The van der Waals surface area contributed by atoms with Crippen LogP contribution in [0.15, 0.2) is 22.9 Å². The van der Waals surface area contributed by atoms with Gasteiger partial charge < -0.3 is 9.30 Å². The van der Waals surface area contributed by atoms with Crippen LogP contribution in [0.25, 0.3) is 5.52 Å². The average molecular weight is 280 g/mol. The summed E-state index contributed by atoms with van der Waals surface area (Å²) in [6.07, 6.45) is 4.72. The highest BCUT2D eigenvalue weighted by atomic mass is 79.9. The van der Waals surface area contributed by atoms with Crippen molar-refractivity contribution in [2.24, 2.45) is 0 Å². The van der Waals surface area contributed by atoms with Gasteiger partial charge in [0, 0.05) is 26.2 Å². The highest BCUT2D eigenvalue weighted by molar-refractivity contribution is 9.10. The normalized spacial score (nSPS) is 15.7. The first-order valence-corrected chi connectivity index (χ1v) is 6.31. The second kappa shape index (κ2) is 3.48. The summed E-state index contributed by atoms with van der Waals surface area (Å²) in [4.78, 5) is 6.73. The lowest BCUT2D eigenvalue weighted by molar-refractivity contribution is 0.914. The minimum Gasteiger partial charge on any atom is -0.376 e. The van der Waals surface area contributed by atoms with Gasteiger partial charge in [-0.15, -0.1) is 0 Å². The van der Waals surface area contributed by atoms with E-state index in [-0.39, 0.29) is 0 Å². The van der Waals surface area contributed by atoms with Gasteiger partial charge in [0.2, 0.25) is 0 Å². The van der Waals surface area contributed by atoms with Gasteiger partial charge in [-0.3, -0.25) is 0 Å². The molecule has 4 heteroatoms. The van der Waals surface area contributed by atoms with Crippen LogP contribution in [0.4, 0.5) is 5.69 Å². The van der Waals surface area contributed by atoms with Crippen molar-refractivity contribution in [3.05, 3.63) is 28.8 Å². The van der Waals surface area contributed by atoms with Gasteiger partial charge >= 0.3 is 0 Å². The van der Waals surface area contributed by atoms with Crippen molar-refractivity contribution in [2.75, 3.05) is 19.0 Å². The van der Waals surface area contributed by atoms with Gasteiger partial charge in [-0.1, -0.05) is 0 Å². The first-order valence-electron chi connectivity index (χ1n) is 5.51. The largest absolute Gasteiger partial charge is 0.376 e. The number of fused-ring (bicyclic) bond motifs is 1. The molecule has 0 radical (unpaired) electrons. The molecule has 0 unspecified atom stereocenters. The highest BCUT2D eigenvalue weighted by Gasteiger charge is 2.28. The van der Waals surface area contributed by atoms with Crippen molar-refractivity contribution in [3.63, 3.8) is 0 Å². The lowest BCUT2D eigenvalue weighted by Crippen LogP contribution is -2.09. The maximum Gasteiger partial charge on any atom is 0.132 e. The molecule has 1 fully saturated rings. The second-order valence-electron chi connectivity index (χ2n) is 4.57. The Balaban J connectivity index is 2.22. The number of aromatic nitrogens is 2. The maximum atomic E-state index is 4.61. The first kappa shape index (κ1) is 10.1. The highest BCUT2D eigenvalue weighted by Crippen LogP contribution is 2.41. The van der Waals surface area contributed by atoms with Crippen LogP contribution in [0.5, 0.6) is 0 Å². The van der Waals surface area contributed by atoms with E-state index >= 15 is 0 Å². The number of anilines is 1. The summed E-state index contributed by atoms with van der Waals surface area (Å²) < 4.78 is 3.18. The molecular formula is C12H14BrN3. The zero-order valence-corrected chi connectivity index (χ0v) is 11.0. The molecule has 16 heavy (non-hydrogen) atoms. The van der Waals surface area contributed by atoms with Gasteiger partial charge in [-0.2, -0.15) is 0 Å². The quantitative estimate of drug-likeness (QED) is 0.842. The summed E-state index contributed by atoms with van der Waals surface area (Å²) in [6, 6.07) is 4.25. The van der Waals surface area contributed by atoms with Crippen LogP contribution < -0.4 is 4.90 Å². The lowest BCUT2D eigenvalue weighted by atomic mass is 10.3. The van der Waals surface area contributed by atoms with Gasteiger partial charge in [0.05, 0.1) is 11.2 Å². The number of imidazole rings is 1. The molecule has 1 aliphatic carbocycles. The Hall–Kier alpha value is -1.03. The van der Waals surface area contributed by atoms with E-state index in [1.54, 1.807) is 0 Å². The van der Waals surface area contributed by atoms with E-state index in [1.807, 2.05) is 0 Å². The van der Waals surface area contributed by atoms with E-state index in [0.717, 1.165) is 10.1 Å². The summed E-state index contributed by atoms with van der Waals surface area (Å²) in [5.74, 6) is 1.86. The minimum absolute atomic E-state index is 0.663. The number of nitrogens with zero attached hydrogens (tertiary/aromatic N) is 3. The SMILES string of the molecule is CN(C)c1ccc2c(Br)nc(C3CC3)n2c1. The van der Waals surface area contributed by atoms with E-state index in [0.29, 0.717) is 5.92 Å². The van der Waals surface area contributed by atoms with Crippen LogP contribution in [-0.4, -0.2) is 23.5 Å². The number of hydrogen-bond acceptors (Lipinski definition) is 2. The molecule has 3 nitrogen and oxygen atoms in total. The molecule has 3 rings (SSSR count). The average Bonchev–Trinajstić information content (AvgIpc) is 3.04. The lowest BCUT2D eigenvalue weighted by Gasteiger charge is -2.13. The fourth-order valence-electron chi connectivity index (χ4n) is 1.95. The molecule has 1 aliphatic rings. The van der Waals surface area contributed by atoms with Crippen LogP contribution in [-0.2, 0) is 0 Å². The zero-order valence-electron chi connectivity index (χ0n) is 9.44. The number of rotatable bonds is 2. The molecule has 84 valence electrons. The minimum atomic E-state index is 0.663. The standard InChI is InChI=1S/C12H14BrN3/c1-15(2)9-5-6-10-11(13)14-12(8-3-4-8)16(10)7-9/h5-8H,3-4H2,1-2H3. The topological polar surface area (TPSA) is 20.5 Å². The van der Waals surface area contributed by atoms with Crippen LogP contribution in [0.2, 0.25) is 0 Å². The Bertz CT molecular complexity index is 540. The van der Waals surface area contributed by atoms with Crippen LogP contribution in [0.1, 0.15) is 24.6 Å². The van der Waals surface area contributed by atoms with Crippen molar-refractivity contribution >= 4 is 27.1 Å². The molecule has 2 aromatic heterocycles. The molecule has 0 aliphatic heterocycles. The molecule has 0 bridgehead atoms. The molecule has 2 aromatic rings. The molecule has 0 aromatic carbocycles. The summed E-state index contributed by atoms with van der Waals surface area (Å²) >= 11 is 3.53. The van der Waals surface area contributed by atoms with Gasteiger partial charge in [0.25, 0.3) is 0 Å². The first-order chi connectivity index (χ1) is 7.66. The molecule has 0 N–H and O–H groups in total.